The summed E-state index contributed by atoms with van der Waals surface area (Å²) in [6.45, 7) is -0.0891. The Hall–Kier alpha value is -1.63. The maximum atomic E-state index is 12.2. The molecular formula is C14H22N4O3. The first-order chi connectivity index (χ1) is 10.0. The number of imide groups is 1. The van der Waals surface area contributed by atoms with Crippen LogP contribution in [0.1, 0.15) is 32.1 Å². The molecule has 4 amide bonds. The highest BCUT2D eigenvalue weighted by atomic mass is 16.2. The van der Waals surface area contributed by atoms with Crippen molar-refractivity contribution in [2.75, 3.05) is 13.1 Å². The quantitative estimate of drug-likeness (QED) is 0.614. The van der Waals surface area contributed by atoms with Crippen LogP contribution in [0.5, 0.6) is 0 Å². The van der Waals surface area contributed by atoms with Gasteiger partial charge in [0.15, 0.2) is 0 Å². The van der Waals surface area contributed by atoms with Crippen LogP contribution >= 0.6 is 0 Å². The number of hydrogen-bond donors (Lipinski definition) is 3. The van der Waals surface area contributed by atoms with Gasteiger partial charge in [0.1, 0.15) is 13.1 Å². The lowest BCUT2D eigenvalue weighted by molar-refractivity contribution is -0.124. The molecule has 0 radical (unpaired) electrons. The molecule has 0 aromatic rings. The van der Waals surface area contributed by atoms with Gasteiger partial charge in [0.05, 0.1) is 0 Å². The molecule has 2 aliphatic carbocycles. The average molecular weight is 294 g/mol. The predicted molar refractivity (Wildman–Crippen MR) is 75.1 cm³/mol. The topological polar surface area (TPSA) is 105 Å². The number of nitrogens with zero attached hydrogens (tertiary/aromatic N) is 1. The summed E-state index contributed by atoms with van der Waals surface area (Å²) < 4.78 is 0. The van der Waals surface area contributed by atoms with Crippen LogP contribution in [0.2, 0.25) is 0 Å². The molecule has 3 aliphatic rings. The van der Waals surface area contributed by atoms with Gasteiger partial charge in [0.25, 0.3) is 0 Å². The molecule has 7 heteroatoms. The predicted octanol–water partition coefficient (Wildman–Crippen LogP) is -0.440. The van der Waals surface area contributed by atoms with Crippen LogP contribution in [-0.4, -0.2) is 47.9 Å². The van der Waals surface area contributed by atoms with Gasteiger partial charge >= 0.3 is 6.03 Å². The van der Waals surface area contributed by atoms with E-state index in [1.54, 1.807) is 0 Å². The summed E-state index contributed by atoms with van der Waals surface area (Å²) in [5.41, 5.74) is 6.07. The fourth-order valence-electron chi connectivity index (χ4n) is 4.04. The molecule has 0 aromatic carbocycles. The van der Waals surface area contributed by atoms with Crippen LogP contribution in [0.4, 0.5) is 4.79 Å². The van der Waals surface area contributed by atoms with E-state index in [0.717, 1.165) is 25.7 Å². The maximum absolute atomic E-state index is 12.2. The van der Waals surface area contributed by atoms with Gasteiger partial charge in [-0.3, -0.25) is 14.9 Å². The van der Waals surface area contributed by atoms with Crippen molar-refractivity contribution in [2.45, 2.75) is 44.2 Å². The maximum Gasteiger partial charge on any atom is 0.325 e. The van der Waals surface area contributed by atoms with E-state index in [1.807, 2.05) is 0 Å². The monoisotopic (exact) mass is 294 g/mol. The molecule has 1 heterocycles. The van der Waals surface area contributed by atoms with Gasteiger partial charge in [0.2, 0.25) is 11.8 Å². The van der Waals surface area contributed by atoms with Crippen LogP contribution < -0.4 is 16.4 Å². The van der Waals surface area contributed by atoms with E-state index in [2.05, 4.69) is 10.6 Å². The van der Waals surface area contributed by atoms with Gasteiger partial charge < -0.3 is 16.0 Å². The van der Waals surface area contributed by atoms with Gasteiger partial charge in [-0.2, -0.15) is 0 Å². The van der Waals surface area contributed by atoms with E-state index in [4.69, 9.17) is 5.73 Å². The average Bonchev–Trinajstić information content (AvgIpc) is 2.69. The molecule has 2 atom stereocenters. The minimum Gasteiger partial charge on any atom is -0.351 e. The zero-order valence-corrected chi connectivity index (χ0v) is 12.0. The van der Waals surface area contributed by atoms with Crippen LogP contribution in [0.3, 0.4) is 0 Å². The molecule has 0 spiro atoms. The lowest BCUT2D eigenvalue weighted by atomic mass is 9.67. The molecule has 2 unspecified atom stereocenters. The van der Waals surface area contributed by atoms with Gasteiger partial charge in [0, 0.05) is 12.1 Å². The van der Waals surface area contributed by atoms with Crippen molar-refractivity contribution >= 4 is 17.8 Å². The summed E-state index contributed by atoms with van der Waals surface area (Å²) in [4.78, 5) is 36.0. The zero-order chi connectivity index (χ0) is 15.0. The van der Waals surface area contributed by atoms with Crippen LogP contribution in [-0.2, 0) is 9.59 Å². The van der Waals surface area contributed by atoms with E-state index < -0.39 is 6.03 Å². The third-order valence-electron chi connectivity index (χ3n) is 4.91. The summed E-state index contributed by atoms with van der Waals surface area (Å²) in [6.07, 6.45) is 5.35. The summed E-state index contributed by atoms with van der Waals surface area (Å²) >= 11 is 0. The number of amides is 4. The molecule has 4 N–H and O–H groups in total. The van der Waals surface area contributed by atoms with Gasteiger partial charge in [-0.25, -0.2) is 4.79 Å². The second kappa shape index (κ2) is 5.63. The molecule has 7 nitrogen and oxygen atoms in total. The summed E-state index contributed by atoms with van der Waals surface area (Å²) in [6, 6.07) is -0.0659. The molecule has 2 saturated carbocycles. The van der Waals surface area contributed by atoms with Gasteiger partial charge in [-0.05, 0) is 37.5 Å². The Morgan fingerprint density at radius 3 is 2.52 bits per heavy atom. The molecule has 0 aromatic heterocycles. The standard InChI is InChI=1S/C14H22N4O3/c15-10-4-8-2-1-3-9(5-10)13(8)16-11(19)6-18-7-12(20)17-14(18)21/h8-10,13H,1-7,15H2,(H,16,19)(H,17,20,21). The molecule has 1 aliphatic heterocycles. The Bertz CT molecular complexity index is 453. The Kier molecular flexibility index (Phi) is 3.84. The van der Waals surface area contributed by atoms with E-state index in [9.17, 15) is 14.4 Å². The first kappa shape index (κ1) is 14.3. The van der Waals surface area contributed by atoms with Crippen molar-refractivity contribution < 1.29 is 14.4 Å². The number of carbonyl (C=O) groups is 3. The van der Waals surface area contributed by atoms with Crippen LogP contribution in [0, 0.1) is 11.8 Å². The Morgan fingerprint density at radius 1 is 1.29 bits per heavy atom. The molecule has 21 heavy (non-hydrogen) atoms. The molecular weight excluding hydrogens is 272 g/mol. The molecule has 3 rings (SSSR count). The van der Waals surface area contributed by atoms with Gasteiger partial charge in [-0.1, -0.05) is 6.42 Å². The molecule has 1 saturated heterocycles. The van der Waals surface area contributed by atoms with E-state index in [1.165, 1.54) is 11.3 Å². The van der Waals surface area contributed by atoms with Crippen molar-refractivity contribution in [2.24, 2.45) is 17.6 Å². The lowest BCUT2D eigenvalue weighted by Gasteiger charge is -2.45. The van der Waals surface area contributed by atoms with Crippen molar-refractivity contribution in [3.8, 4) is 0 Å². The van der Waals surface area contributed by atoms with Crippen molar-refractivity contribution in [1.29, 1.82) is 0 Å². The fraction of sp³-hybridized carbons (Fsp3) is 0.786. The summed E-state index contributed by atoms with van der Waals surface area (Å²) in [5.74, 6) is 0.363. The molecule has 2 bridgehead atoms. The Morgan fingerprint density at radius 2 is 1.95 bits per heavy atom. The number of hydrogen-bond acceptors (Lipinski definition) is 4. The number of urea groups is 1. The SMILES string of the molecule is NC1CC2CCCC(C1)C2NC(=O)CN1CC(=O)NC1=O. The molecule has 116 valence electrons. The Labute approximate surface area is 123 Å². The van der Waals surface area contributed by atoms with E-state index in [-0.39, 0.29) is 37.0 Å². The number of nitrogens with one attached hydrogen (secondary N) is 2. The highest BCUT2D eigenvalue weighted by Gasteiger charge is 2.40. The second-order valence-electron chi connectivity index (χ2n) is 6.49. The first-order valence-corrected chi connectivity index (χ1v) is 7.66. The van der Waals surface area contributed by atoms with Crippen LogP contribution in [0.15, 0.2) is 0 Å². The highest BCUT2D eigenvalue weighted by molar-refractivity contribution is 6.03. The summed E-state index contributed by atoms with van der Waals surface area (Å²) in [5, 5.41) is 5.25. The van der Waals surface area contributed by atoms with E-state index >= 15 is 0 Å². The number of carbonyl (C=O) groups excluding carboxylic acids is 3. The van der Waals surface area contributed by atoms with Crippen molar-refractivity contribution in [3.05, 3.63) is 0 Å². The zero-order valence-electron chi connectivity index (χ0n) is 12.0. The minimum atomic E-state index is -0.485. The van der Waals surface area contributed by atoms with Gasteiger partial charge in [-0.15, -0.1) is 0 Å². The number of nitrogens with two attached hydrogens (primary N) is 1. The van der Waals surface area contributed by atoms with E-state index in [0.29, 0.717) is 11.8 Å². The lowest BCUT2D eigenvalue weighted by Crippen LogP contribution is -2.55. The van der Waals surface area contributed by atoms with Crippen LogP contribution in [0.25, 0.3) is 0 Å². The highest BCUT2D eigenvalue weighted by Crippen LogP contribution is 2.39. The van der Waals surface area contributed by atoms with Crippen molar-refractivity contribution in [1.82, 2.24) is 15.5 Å². The smallest absolute Gasteiger partial charge is 0.325 e. The third kappa shape index (κ3) is 3.02. The normalized spacial score (nSPS) is 35.6. The molecule has 3 fully saturated rings. The Balaban J connectivity index is 1.57. The largest absolute Gasteiger partial charge is 0.351 e. The second-order valence-corrected chi connectivity index (χ2v) is 6.49. The first-order valence-electron chi connectivity index (χ1n) is 7.66. The third-order valence-corrected chi connectivity index (χ3v) is 4.91. The number of rotatable bonds is 3. The minimum absolute atomic E-state index is 0.0331. The fourth-order valence-corrected chi connectivity index (χ4v) is 4.04. The summed E-state index contributed by atoms with van der Waals surface area (Å²) in [7, 11) is 0. The van der Waals surface area contributed by atoms with Crippen molar-refractivity contribution in [3.63, 3.8) is 0 Å². The number of fused-ring (bicyclic) bond motifs is 2.